The van der Waals surface area contributed by atoms with E-state index in [-0.39, 0.29) is 11.3 Å². The van der Waals surface area contributed by atoms with Crippen LogP contribution < -0.4 is 5.32 Å². The molecule has 2 aliphatic carbocycles. The summed E-state index contributed by atoms with van der Waals surface area (Å²) in [6, 6.07) is 15.5. The number of nitrogens with one attached hydrogen (secondary N) is 1. The lowest BCUT2D eigenvalue weighted by atomic mass is 9.64. The topological polar surface area (TPSA) is 45.2 Å². The smallest absolute Gasteiger partial charge is 0.228 e. The highest BCUT2D eigenvalue weighted by Crippen LogP contribution is 2.47. The van der Waals surface area contributed by atoms with E-state index >= 15 is 0 Å². The van der Waals surface area contributed by atoms with Gasteiger partial charge in [0.2, 0.25) is 5.91 Å². The number of carbonyl (C=O) groups excluding carboxylic acids is 1. The number of pyridine rings is 1. The third-order valence-corrected chi connectivity index (χ3v) is 9.87. The largest absolute Gasteiger partial charge is 0.339 e. The number of amides is 1. The van der Waals surface area contributed by atoms with E-state index in [1.807, 2.05) is 6.07 Å². The number of piperidine rings is 1. The van der Waals surface area contributed by atoms with E-state index in [1.165, 1.54) is 43.2 Å². The summed E-state index contributed by atoms with van der Waals surface area (Å²) < 4.78 is 0. The number of hydrogen-bond donors (Lipinski definition) is 1. The molecule has 2 aromatic rings. The third kappa shape index (κ3) is 4.31. The lowest BCUT2D eigenvalue weighted by molar-refractivity contribution is -0.143. The molecular formula is C30H38ClN3O. The molecule has 0 radical (unpaired) electrons. The minimum Gasteiger partial charge on any atom is -0.339 e. The molecular weight excluding hydrogens is 454 g/mol. The first-order valence-corrected chi connectivity index (χ1v) is 14.3. The van der Waals surface area contributed by atoms with Crippen molar-refractivity contribution in [2.24, 2.45) is 11.8 Å². The van der Waals surface area contributed by atoms with E-state index in [0.717, 1.165) is 57.4 Å². The van der Waals surface area contributed by atoms with Gasteiger partial charge >= 0.3 is 0 Å². The van der Waals surface area contributed by atoms with Crippen LogP contribution in [0.4, 0.5) is 0 Å². The third-order valence-electron chi connectivity index (χ3n) is 9.66. The van der Waals surface area contributed by atoms with Gasteiger partial charge in [-0.2, -0.15) is 0 Å². The van der Waals surface area contributed by atoms with Gasteiger partial charge < -0.3 is 10.2 Å². The van der Waals surface area contributed by atoms with E-state index < -0.39 is 0 Å². The Morgan fingerprint density at radius 1 is 1.03 bits per heavy atom. The summed E-state index contributed by atoms with van der Waals surface area (Å²) in [7, 11) is 0. The Morgan fingerprint density at radius 2 is 1.86 bits per heavy atom. The van der Waals surface area contributed by atoms with Crippen LogP contribution in [0.1, 0.15) is 80.5 Å². The fourth-order valence-electron chi connectivity index (χ4n) is 7.92. The molecule has 1 saturated carbocycles. The van der Waals surface area contributed by atoms with Gasteiger partial charge in [-0.15, -0.1) is 0 Å². The molecule has 4 aliphatic rings. The zero-order valence-electron chi connectivity index (χ0n) is 20.7. The number of hydrogen-bond acceptors (Lipinski definition) is 3. The van der Waals surface area contributed by atoms with Crippen LogP contribution in [0.15, 0.2) is 42.5 Å². The van der Waals surface area contributed by atoms with Crippen LogP contribution in [-0.2, 0) is 16.6 Å². The summed E-state index contributed by atoms with van der Waals surface area (Å²) in [5, 5.41) is 4.19. The van der Waals surface area contributed by atoms with E-state index in [2.05, 4.69) is 51.6 Å². The number of aryl methyl sites for hydroxylation is 1. The zero-order valence-corrected chi connectivity index (χ0v) is 21.5. The van der Waals surface area contributed by atoms with Gasteiger partial charge in [0.1, 0.15) is 5.15 Å². The number of carbonyl (C=O) groups is 1. The molecule has 6 rings (SSSR count). The molecule has 5 heteroatoms. The predicted molar refractivity (Wildman–Crippen MR) is 141 cm³/mol. The Balaban J connectivity index is 1.30. The van der Waals surface area contributed by atoms with Crippen LogP contribution in [0.2, 0.25) is 5.15 Å². The van der Waals surface area contributed by atoms with Crippen molar-refractivity contribution >= 4 is 17.5 Å². The fourth-order valence-corrected chi connectivity index (χ4v) is 8.08. The number of rotatable bonds is 3. The van der Waals surface area contributed by atoms with Gasteiger partial charge in [-0.1, -0.05) is 67.3 Å². The maximum atomic E-state index is 14.5. The number of likely N-dealkylation sites (tertiary alicyclic amines) is 1. The molecule has 186 valence electrons. The normalized spacial score (nSPS) is 31.5. The van der Waals surface area contributed by atoms with Crippen molar-refractivity contribution in [3.05, 3.63) is 64.4 Å². The highest BCUT2D eigenvalue weighted by Gasteiger charge is 2.52. The summed E-state index contributed by atoms with van der Waals surface area (Å²) in [5.74, 6) is 1.58. The summed E-state index contributed by atoms with van der Waals surface area (Å²) in [6.45, 7) is 2.53. The van der Waals surface area contributed by atoms with Gasteiger partial charge in [-0.25, -0.2) is 4.98 Å². The number of benzene rings is 1. The molecule has 2 saturated heterocycles. The monoisotopic (exact) mass is 491 g/mol. The number of aromatic nitrogens is 1. The number of fused-ring (bicyclic) bond motifs is 2. The Bertz CT molecular complexity index is 1050. The van der Waals surface area contributed by atoms with Crippen molar-refractivity contribution in [1.82, 2.24) is 15.2 Å². The van der Waals surface area contributed by atoms with Crippen LogP contribution in [0.3, 0.4) is 0 Å². The molecule has 4 nitrogen and oxygen atoms in total. The van der Waals surface area contributed by atoms with Gasteiger partial charge in [0.25, 0.3) is 0 Å². The SMILES string of the molecule is O=C(C1CNC[C@]12CCCc1nc(Cl)ccc12)N1CC[C@@H](c2ccccc2)C[C@H]1C1CCCCC1. The lowest BCUT2D eigenvalue weighted by Gasteiger charge is -2.48. The van der Waals surface area contributed by atoms with Crippen molar-refractivity contribution in [3.8, 4) is 0 Å². The van der Waals surface area contributed by atoms with E-state index in [0.29, 0.717) is 28.9 Å². The second-order valence-corrected chi connectivity index (χ2v) is 11.8. The molecule has 2 aliphatic heterocycles. The molecule has 3 heterocycles. The van der Waals surface area contributed by atoms with Crippen molar-refractivity contribution < 1.29 is 4.79 Å². The first-order chi connectivity index (χ1) is 17.2. The molecule has 4 atom stereocenters. The maximum Gasteiger partial charge on any atom is 0.228 e. The summed E-state index contributed by atoms with van der Waals surface area (Å²) in [4.78, 5) is 21.5. The second-order valence-electron chi connectivity index (χ2n) is 11.5. The highest BCUT2D eigenvalue weighted by molar-refractivity contribution is 6.29. The summed E-state index contributed by atoms with van der Waals surface area (Å²) in [6.07, 6.45) is 11.8. The van der Waals surface area contributed by atoms with Crippen molar-refractivity contribution in [3.63, 3.8) is 0 Å². The van der Waals surface area contributed by atoms with Gasteiger partial charge in [-0.3, -0.25) is 4.79 Å². The van der Waals surface area contributed by atoms with Crippen molar-refractivity contribution in [2.75, 3.05) is 19.6 Å². The fraction of sp³-hybridized carbons (Fsp3) is 0.600. The van der Waals surface area contributed by atoms with Crippen LogP contribution in [0.5, 0.6) is 0 Å². The van der Waals surface area contributed by atoms with Crippen LogP contribution in [-0.4, -0.2) is 41.5 Å². The van der Waals surface area contributed by atoms with E-state index in [4.69, 9.17) is 11.6 Å². The van der Waals surface area contributed by atoms with Crippen LogP contribution in [0.25, 0.3) is 0 Å². The molecule has 1 N–H and O–H groups in total. The maximum absolute atomic E-state index is 14.5. The summed E-state index contributed by atoms with van der Waals surface area (Å²) >= 11 is 6.26. The summed E-state index contributed by atoms with van der Waals surface area (Å²) in [5.41, 5.74) is 3.68. The molecule has 1 spiro atoms. The number of halogens is 1. The Kier molecular flexibility index (Phi) is 6.62. The second kappa shape index (κ2) is 9.86. The standard InChI is InChI=1S/C30H38ClN3O/c31-28-14-13-24-26(33-28)12-7-16-30(24)20-32-19-25(30)29(35)34-17-15-23(21-8-3-1-4-9-21)18-27(34)22-10-5-2-6-11-22/h1,3-4,8-9,13-14,22-23,25,27,32H,2,5-7,10-12,15-20H2/t23-,25?,27+,30+/m1/s1. The van der Waals surface area contributed by atoms with Crippen LogP contribution >= 0.6 is 11.6 Å². The van der Waals surface area contributed by atoms with E-state index in [9.17, 15) is 4.79 Å². The van der Waals surface area contributed by atoms with Gasteiger partial charge in [0.05, 0.1) is 5.92 Å². The first kappa shape index (κ1) is 23.5. The Labute approximate surface area is 214 Å². The molecule has 1 amide bonds. The average molecular weight is 492 g/mol. The minimum absolute atomic E-state index is 0.0103. The average Bonchev–Trinajstić information content (AvgIpc) is 3.32. The molecule has 1 unspecified atom stereocenters. The molecule has 0 bridgehead atoms. The Morgan fingerprint density at radius 3 is 2.69 bits per heavy atom. The molecule has 35 heavy (non-hydrogen) atoms. The van der Waals surface area contributed by atoms with Crippen molar-refractivity contribution in [1.29, 1.82) is 0 Å². The Hall–Kier alpha value is -1.91. The van der Waals surface area contributed by atoms with Crippen molar-refractivity contribution in [2.45, 2.75) is 81.6 Å². The van der Waals surface area contributed by atoms with Gasteiger partial charge in [0, 0.05) is 36.8 Å². The number of nitrogens with zero attached hydrogens (tertiary/aromatic N) is 2. The lowest BCUT2D eigenvalue weighted by Crippen LogP contribution is -2.55. The van der Waals surface area contributed by atoms with Gasteiger partial charge in [0.15, 0.2) is 0 Å². The minimum atomic E-state index is -0.143. The zero-order chi connectivity index (χ0) is 23.8. The van der Waals surface area contributed by atoms with Crippen LogP contribution in [0, 0.1) is 11.8 Å². The molecule has 1 aromatic carbocycles. The predicted octanol–water partition coefficient (Wildman–Crippen LogP) is 5.88. The quantitative estimate of drug-likeness (QED) is 0.545. The molecule has 1 aromatic heterocycles. The van der Waals surface area contributed by atoms with E-state index in [1.54, 1.807) is 0 Å². The first-order valence-electron chi connectivity index (χ1n) is 13.9. The van der Waals surface area contributed by atoms with Gasteiger partial charge in [-0.05, 0) is 74.0 Å². The molecule has 3 fully saturated rings. The highest BCUT2D eigenvalue weighted by atomic mass is 35.5.